The number of ether oxygens (including phenoxy) is 1. The molecule has 1 aromatic rings. The Morgan fingerprint density at radius 3 is 1.89 bits per heavy atom. The van der Waals surface area contributed by atoms with Crippen LogP contribution in [-0.2, 0) is 19.2 Å². The van der Waals surface area contributed by atoms with E-state index in [0.29, 0.717) is 4.90 Å². The average Bonchev–Trinajstić information content (AvgIpc) is 2.94. The molecule has 1 N–H and O–H groups in total. The van der Waals surface area contributed by atoms with E-state index in [4.69, 9.17) is 0 Å². The number of benzene rings is 1. The highest BCUT2D eigenvalue weighted by molar-refractivity contribution is 6.14. The molecule has 0 atom stereocenters. The van der Waals surface area contributed by atoms with Gasteiger partial charge < -0.3 is 10.1 Å². The summed E-state index contributed by atoms with van der Waals surface area (Å²) in [5.74, 6) is -17.0. The number of nitrogens with one attached hydrogen (secondary N) is 1. The molecular weight excluding hydrogens is 383 g/mol. The molecule has 0 spiro atoms. The first-order chi connectivity index (χ1) is 12.6. The standard InChI is InChI=1S/C15H9F5N2O5/c16-10-11(17)13(19)15(14(20)12(10)18)27-9(26)3-4-21-6(23)5-22-7(24)1-2-8(22)25/h1-2H,3-5H2,(H,21,23). The number of rotatable bonds is 6. The van der Waals surface area contributed by atoms with Gasteiger partial charge in [-0.05, 0) is 0 Å². The first-order valence-electron chi connectivity index (χ1n) is 7.15. The van der Waals surface area contributed by atoms with Gasteiger partial charge in [0.05, 0.1) is 6.42 Å². The van der Waals surface area contributed by atoms with Gasteiger partial charge in [0, 0.05) is 18.7 Å². The SMILES string of the molecule is O=C(CN1C(=O)C=CC1=O)NCCC(=O)Oc1c(F)c(F)c(F)c(F)c1F. The van der Waals surface area contributed by atoms with E-state index < -0.39 is 78.0 Å². The van der Waals surface area contributed by atoms with Crippen LogP contribution in [-0.4, -0.2) is 41.7 Å². The first-order valence-corrected chi connectivity index (χ1v) is 7.15. The van der Waals surface area contributed by atoms with E-state index >= 15 is 0 Å². The Morgan fingerprint density at radius 1 is 0.889 bits per heavy atom. The van der Waals surface area contributed by atoms with Crippen LogP contribution in [0.1, 0.15) is 6.42 Å². The maximum absolute atomic E-state index is 13.4. The number of hydrogen-bond donors (Lipinski definition) is 1. The van der Waals surface area contributed by atoms with Crippen LogP contribution in [0.3, 0.4) is 0 Å². The van der Waals surface area contributed by atoms with Gasteiger partial charge in [-0.2, -0.15) is 8.78 Å². The second-order valence-corrected chi connectivity index (χ2v) is 5.07. The molecule has 144 valence electrons. The van der Waals surface area contributed by atoms with Gasteiger partial charge in [-0.1, -0.05) is 0 Å². The molecule has 27 heavy (non-hydrogen) atoms. The zero-order chi connectivity index (χ0) is 20.3. The minimum absolute atomic E-state index is 0.448. The predicted octanol–water partition coefficient (Wildman–Crippen LogP) is 0.719. The largest absolute Gasteiger partial charge is 0.420 e. The van der Waals surface area contributed by atoms with E-state index in [0.717, 1.165) is 12.2 Å². The number of carbonyl (C=O) groups is 4. The average molecular weight is 392 g/mol. The minimum Gasteiger partial charge on any atom is -0.420 e. The topological polar surface area (TPSA) is 92.8 Å². The van der Waals surface area contributed by atoms with Crippen molar-refractivity contribution < 1.29 is 45.9 Å². The van der Waals surface area contributed by atoms with Gasteiger partial charge in [0.1, 0.15) is 6.54 Å². The van der Waals surface area contributed by atoms with Crippen LogP contribution < -0.4 is 10.1 Å². The summed E-state index contributed by atoms with van der Waals surface area (Å²) < 4.78 is 69.7. The molecule has 12 heteroatoms. The van der Waals surface area contributed by atoms with Crippen LogP contribution in [0.25, 0.3) is 0 Å². The van der Waals surface area contributed by atoms with Crippen molar-refractivity contribution in [3.8, 4) is 5.75 Å². The summed E-state index contributed by atoms with van der Waals surface area (Å²) in [5, 5.41) is 2.12. The predicted molar refractivity (Wildman–Crippen MR) is 75.4 cm³/mol. The maximum Gasteiger partial charge on any atom is 0.313 e. The van der Waals surface area contributed by atoms with Gasteiger partial charge in [-0.25, -0.2) is 13.2 Å². The van der Waals surface area contributed by atoms with Crippen molar-refractivity contribution in [3.63, 3.8) is 0 Å². The Labute approximate surface area is 147 Å². The summed E-state index contributed by atoms with van der Waals surface area (Å²) in [6, 6.07) is 0. The summed E-state index contributed by atoms with van der Waals surface area (Å²) in [4.78, 5) is 46.2. The maximum atomic E-state index is 13.4. The lowest BCUT2D eigenvalue weighted by Gasteiger charge is -2.13. The fraction of sp³-hybridized carbons (Fsp3) is 0.200. The number of halogens is 5. The summed E-state index contributed by atoms with van der Waals surface area (Å²) in [5.41, 5.74) is 0. The van der Waals surface area contributed by atoms with Gasteiger partial charge in [0.15, 0.2) is 0 Å². The zero-order valence-electron chi connectivity index (χ0n) is 13.2. The number of esters is 1. The van der Waals surface area contributed by atoms with Crippen molar-refractivity contribution in [2.45, 2.75) is 6.42 Å². The quantitative estimate of drug-likeness (QED) is 0.192. The Kier molecular flexibility index (Phi) is 5.88. The molecule has 1 heterocycles. The highest BCUT2D eigenvalue weighted by Gasteiger charge is 2.29. The summed E-state index contributed by atoms with van der Waals surface area (Å²) >= 11 is 0. The van der Waals surface area contributed by atoms with Crippen molar-refractivity contribution >= 4 is 23.7 Å². The molecule has 2 rings (SSSR count). The van der Waals surface area contributed by atoms with Crippen LogP contribution in [0.5, 0.6) is 5.75 Å². The summed E-state index contributed by atoms with van der Waals surface area (Å²) in [6.45, 7) is -1.08. The second-order valence-electron chi connectivity index (χ2n) is 5.07. The first kappa shape index (κ1) is 20.0. The lowest BCUT2D eigenvalue weighted by Crippen LogP contribution is -2.41. The van der Waals surface area contributed by atoms with Gasteiger partial charge in [0.2, 0.25) is 40.7 Å². The van der Waals surface area contributed by atoms with E-state index in [1.807, 2.05) is 0 Å². The van der Waals surface area contributed by atoms with Gasteiger partial charge >= 0.3 is 5.97 Å². The molecule has 1 aliphatic rings. The molecule has 0 bridgehead atoms. The van der Waals surface area contributed by atoms with Gasteiger partial charge in [-0.15, -0.1) is 0 Å². The minimum atomic E-state index is -2.41. The van der Waals surface area contributed by atoms with Crippen molar-refractivity contribution in [2.75, 3.05) is 13.1 Å². The smallest absolute Gasteiger partial charge is 0.313 e. The van der Waals surface area contributed by atoms with Crippen LogP contribution in [0.15, 0.2) is 12.2 Å². The molecular formula is C15H9F5N2O5. The van der Waals surface area contributed by atoms with E-state index in [1.54, 1.807) is 0 Å². The van der Waals surface area contributed by atoms with Crippen LogP contribution in [0.2, 0.25) is 0 Å². The van der Waals surface area contributed by atoms with E-state index in [9.17, 15) is 41.1 Å². The van der Waals surface area contributed by atoms with Crippen LogP contribution in [0, 0.1) is 29.1 Å². The number of carbonyl (C=O) groups excluding carboxylic acids is 4. The molecule has 0 fully saturated rings. The molecule has 3 amide bonds. The number of nitrogens with zero attached hydrogens (tertiary/aromatic N) is 1. The Hall–Kier alpha value is -3.31. The molecule has 0 saturated carbocycles. The van der Waals surface area contributed by atoms with E-state index in [1.165, 1.54) is 0 Å². The van der Waals surface area contributed by atoms with E-state index in [-0.39, 0.29) is 0 Å². The molecule has 1 aliphatic heterocycles. The van der Waals surface area contributed by atoms with Crippen LogP contribution in [0.4, 0.5) is 22.0 Å². The zero-order valence-corrected chi connectivity index (χ0v) is 13.2. The molecule has 0 saturated heterocycles. The monoisotopic (exact) mass is 392 g/mol. The Morgan fingerprint density at radius 2 is 1.37 bits per heavy atom. The molecule has 0 aliphatic carbocycles. The normalized spacial score (nSPS) is 13.3. The molecule has 0 aromatic heterocycles. The van der Waals surface area contributed by atoms with E-state index in [2.05, 4.69) is 10.1 Å². The summed E-state index contributed by atoms with van der Waals surface area (Å²) in [6.07, 6.45) is 1.22. The lowest BCUT2D eigenvalue weighted by atomic mass is 10.2. The van der Waals surface area contributed by atoms with Gasteiger partial charge in [0.25, 0.3) is 11.8 Å². The fourth-order valence-corrected chi connectivity index (χ4v) is 1.93. The molecule has 7 nitrogen and oxygen atoms in total. The third-order valence-corrected chi connectivity index (χ3v) is 3.24. The van der Waals surface area contributed by atoms with Gasteiger partial charge in [-0.3, -0.25) is 24.1 Å². The molecule has 1 aromatic carbocycles. The second kappa shape index (κ2) is 7.93. The molecule has 0 unspecified atom stereocenters. The highest BCUT2D eigenvalue weighted by Crippen LogP contribution is 2.29. The highest BCUT2D eigenvalue weighted by atomic mass is 19.2. The number of imide groups is 1. The number of amides is 3. The molecule has 0 radical (unpaired) electrons. The number of hydrogen-bond acceptors (Lipinski definition) is 5. The van der Waals surface area contributed by atoms with Crippen molar-refractivity contribution in [2.24, 2.45) is 0 Å². The fourth-order valence-electron chi connectivity index (χ4n) is 1.93. The van der Waals surface area contributed by atoms with Crippen molar-refractivity contribution in [1.29, 1.82) is 0 Å². The Balaban J connectivity index is 1.88. The lowest BCUT2D eigenvalue weighted by molar-refractivity contribution is -0.141. The third kappa shape index (κ3) is 4.27. The van der Waals surface area contributed by atoms with Crippen molar-refractivity contribution in [3.05, 3.63) is 41.2 Å². The van der Waals surface area contributed by atoms with Crippen LogP contribution >= 0.6 is 0 Å². The third-order valence-electron chi connectivity index (χ3n) is 3.24. The van der Waals surface area contributed by atoms with Crippen molar-refractivity contribution in [1.82, 2.24) is 10.2 Å². The Bertz CT molecular complexity index is 824. The summed E-state index contributed by atoms with van der Waals surface area (Å²) in [7, 11) is 0.